The molecule has 1 aromatic heterocycles. The van der Waals surface area contributed by atoms with Gasteiger partial charge < -0.3 is 5.32 Å². The summed E-state index contributed by atoms with van der Waals surface area (Å²) in [4.78, 5) is 6.17. The van der Waals surface area contributed by atoms with Gasteiger partial charge in [0.25, 0.3) is 0 Å². The smallest absolute Gasteiger partial charge is 0.187 e. The lowest BCUT2D eigenvalue weighted by molar-refractivity contribution is 0.683. The number of hydrogen-bond acceptors (Lipinski definition) is 3. The van der Waals surface area contributed by atoms with Crippen molar-refractivity contribution in [1.82, 2.24) is 4.98 Å². The van der Waals surface area contributed by atoms with E-state index in [9.17, 15) is 0 Å². The van der Waals surface area contributed by atoms with Gasteiger partial charge in [-0.25, -0.2) is 4.98 Å². The molecule has 1 aliphatic rings. The average molecular weight is 244 g/mol. The zero-order valence-electron chi connectivity index (χ0n) is 9.99. The predicted molar refractivity (Wildman–Crippen MR) is 73.2 cm³/mol. The highest BCUT2D eigenvalue weighted by Crippen LogP contribution is 2.31. The minimum Gasteiger partial charge on any atom is -0.331 e. The first-order valence-electron chi connectivity index (χ1n) is 6.14. The van der Waals surface area contributed by atoms with Crippen molar-refractivity contribution in [2.45, 2.75) is 32.6 Å². The first-order chi connectivity index (χ1) is 8.33. The molecule has 0 atom stereocenters. The van der Waals surface area contributed by atoms with Crippen molar-refractivity contribution >= 4 is 22.2 Å². The SMILES string of the molecule is Cc1ccccc1Nc1nc2c(s1)CCCC2. The number of anilines is 2. The van der Waals surface area contributed by atoms with Gasteiger partial charge in [0.2, 0.25) is 0 Å². The molecule has 3 rings (SSSR count). The molecule has 88 valence electrons. The molecule has 1 aliphatic carbocycles. The Labute approximate surface area is 106 Å². The number of hydrogen-bond donors (Lipinski definition) is 1. The van der Waals surface area contributed by atoms with Crippen LogP contribution in [0, 0.1) is 6.92 Å². The van der Waals surface area contributed by atoms with Gasteiger partial charge in [-0.05, 0) is 44.2 Å². The van der Waals surface area contributed by atoms with E-state index in [1.807, 2.05) is 11.3 Å². The Hall–Kier alpha value is -1.35. The molecule has 1 aromatic carbocycles. The molecule has 17 heavy (non-hydrogen) atoms. The van der Waals surface area contributed by atoms with Crippen LogP contribution in [0.3, 0.4) is 0 Å². The lowest BCUT2D eigenvalue weighted by atomic mass is 10.0. The number of thiazole rings is 1. The summed E-state index contributed by atoms with van der Waals surface area (Å²) in [5, 5.41) is 4.48. The summed E-state index contributed by atoms with van der Waals surface area (Å²) in [6.45, 7) is 2.12. The number of nitrogens with zero attached hydrogens (tertiary/aromatic N) is 1. The van der Waals surface area contributed by atoms with Gasteiger partial charge in [0.1, 0.15) is 0 Å². The van der Waals surface area contributed by atoms with Gasteiger partial charge in [-0.15, -0.1) is 11.3 Å². The lowest BCUT2D eigenvalue weighted by Crippen LogP contribution is -1.99. The van der Waals surface area contributed by atoms with E-state index in [2.05, 4.69) is 36.5 Å². The summed E-state index contributed by atoms with van der Waals surface area (Å²) >= 11 is 1.82. The Kier molecular flexibility index (Phi) is 2.85. The van der Waals surface area contributed by atoms with E-state index in [0.717, 1.165) is 11.6 Å². The van der Waals surface area contributed by atoms with Crippen LogP contribution in [0.15, 0.2) is 24.3 Å². The standard InChI is InChI=1S/C14H16N2S/c1-10-6-2-3-7-11(10)15-14-16-12-8-4-5-9-13(12)17-14/h2-3,6-7H,4-5,8-9H2,1H3,(H,15,16). The van der Waals surface area contributed by atoms with E-state index in [1.54, 1.807) is 0 Å². The third-order valence-electron chi connectivity index (χ3n) is 3.23. The first-order valence-corrected chi connectivity index (χ1v) is 6.96. The van der Waals surface area contributed by atoms with Crippen molar-refractivity contribution in [1.29, 1.82) is 0 Å². The fourth-order valence-corrected chi connectivity index (χ4v) is 3.30. The van der Waals surface area contributed by atoms with Crippen LogP contribution in [0.4, 0.5) is 10.8 Å². The van der Waals surface area contributed by atoms with Crippen molar-refractivity contribution < 1.29 is 0 Å². The lowest BCUT2D eigenvalue weighted by Gasteiger charge is -2.06. The normalized spacial score (nSPS) is 14.4. The molecule has 1 heterocycles. The second-order valence-electron chi connectivity index (χ2n) is 4.54. The Morgan fingerprint density at radius 1 is 1.18 bits per heavy atom. The molecule has 0 amide bonds. The van der Waals surface area contributed by atoms with Crippen LogP contribution in [0.2, 0.25) is 0 Å². The van der Waals surface area contributed by atoms with Crippen molar-refractivity contribution in [3.63, 3.8) is 0 Å². The fourth-order valence-electron chi connectivity index (χ4n) is 2.23. The second kappa shape index (κ2) is 4.49. The van der Waals surface area contributed by atoms with Crippen molar-refractivity contribution in [2.24, 2.45) is 0 Å². The largest absolute Gasteiger partial charge is 0.331 e. The van der Waals surface area contributed by atoms with Crippen molar-refractivity contribution in [3.05, 3.63) is 40.4 Å². The summed E-state index contributed by atoms with van der Waals surface area (Å²) in [7, 11) is 0. The molecular weight excluding hydrogens is 228 g/mol. The van der Waals surface area contributed by atoms with E-state index in [0.29, 0.717) is 0 Å². The highest BCUT2D eigenvalue weighted by Gasteiger charge is 2.15. The Balaban J connectivity index is 1.86. The molecule has 0 bridgehead atoms. The van der Waals surface area contributed by atoms with Crippen LogP contribution in [-0.2, 0) is 12.8 Å². The van der Waals surface area contributed by atoms with Crippen molar-refractivity contribution in [3.8, 4) is 0 Å². The number of fused-ring (bicyclic) bond motifs is 1. The van der Waals surface area contributed by atoms with Gasteiger partial charge in [-0.1, -0.05) is 18.2 Å². The monoisotopic (exact) mass is 244 g/mol. The van der Waals surface area contributed by atoms with Gasteiger partial charge in [-0.3, -0.25) is 0 Å². The van der Waals surface area contributed by atoms with E-state index in [1.165, 1.54) is 41.1 Å². The zero-order valence-corrected chi connectivity index (χ0v) is 10.8. The maximum absolute atomic E-state index is 4.69. The molecule has 0 fully saturated rings. The third-order valence-corrected chi connectivity index (χ3v) is 4.31. The quantitative estimate of drug-likeness (QED) is 0.861. The van der Waals surface area contributed by atoms with Crippen LogP contribution >= 0.6 is 11.3 Å². The molecule has 2 nitrogen and oxygen atoms in total. The number of aromatic nitrogens is 1. The molecule has 0 spiro atoms. The third kappa shape index (κ3) is 2.20. The Bertz CT molecular complexity index is 507. The molecule has 0 unspecified atom stereocenters. The van der Waals surface area contributed by atoms with Gasteiger partial charge in [0, 0.05) is 10.6 Å². The number of rotatable bonds is 2. The number of aryl methyl sites for hydroxylation is 3. The Morgan fingerprint density at radius 3 is 2.82 bits per heavy atom. The maximum Gasteiger partial charge on any atom is 0.187 e. The van der Waals surface area contributed by atoms with Gasteiger partial charge in [0.05, 0.1) is 5.69 Å². The van der Waals surface area contributed by atoms with Crippen LogP contribution in [0.25, 0.3) is 0 Å². The molecule has 0 saturated heterocycles. The van der Waals surface area contributed by atoms with Gasteiger partial charge >= 0.3 is 0 Å². The minimum atomic E-state index is 1.05. The van der Waals surface area contributed by atoms with Gasteiger partial charge in [-0.2, -0.15) is 0 Å². The van der Waals surface area contributed by atoms with Crippen LogP contribution in [-0.4, -0.2) is 4.98 Å². The van der Waals surface area contributed by atoms with Crippen LogP contribution < -0.4 is 5.32 Å². The summed E-state index contributed by atoms with van der Waals surface area (Å²) in [5.74, 6) is 0. The summed E-state index contributed by atoms with van der Waals surface area (Å²) in [6, 6.07) is 8.35. The second-order valence-corrected chi connectivity index (χ2v) is 5.62. The van der Waals surface area contributed by atoms with E-state index >= 15 is 0 Å². The number of benzene rings is 1. The highest BCUT2D eigenvalue weighted by atomic mass is 32.1. The Morgan fingerprint density at radius 2 is 2.00 bits per heavy atom. The predicted octanol–water partition coefficient (Wildman–Crippen LogP) is 4.07. The zero-order chi connectivity index (χ0) is 11.7. The number of nitrogens with one attached hydrogen (secondary N) is 1. The first kappa shape index (κ1) is 10.8. The molecule has 0 aliphatic heterocycles. The molecule has 3 heteroatoms. The summed E-state index contributed by atoms with van der Waals surface area (Å²) in [6.07, 6.45) is 4.98. The maximum atomic E-state index is 4.69. The summed E-state index contributed by atoms with van der Waals surface area (Å²) in [5.41, 5.74) is 3.75. The molecule has 2 aromatic rings. The molecule has 1 N–H and O–H groups in total. The minimum absolute atomic E-state index is 1.05. The molecular formula is C14H16N2S. The number of para-hydroxylation sites is 1. The van der Waals surface area contributed by atoms with E-state index < -0.39 is 0 Å². The van der Waals surface area contributed by atoms with Crippen LogP contribution in [0.1, 0.15) is 29.0 Å². The van der Waals surface area contributed by atoms with E-state index in [-0.39, 0.29) is 0 Å². The molecule has 0 saturated carbocycles. The fraction of sp³-hybridized carbons (Fsp3) is 0.357. The van der Waals surface area contributed by atoms with E-state index in [4.69, 9.17) is 4.98 Å². The van der Waals surface area contributed by atoms with Crippen LogP contribution in [0.5, 0.6) is 0 Å². The van der Waals surface area contributed by atoms with Crippen molar-refractivity contribution in [2.75, 3.05) is 5.32 Å². The molecule has 0 radical (unpaired) electrons. The van der Waals surface area contributed by atoms with Gasteiger partial charge in [0.15, 0.2) is 5.13 Å². The average Bonchev–Trinajstić information content (AvgIpc) is 2.74. The highest BCUT2D eigenvalue weighted by molar-refractivity contribution is 7.15. The summed E-state index contributed by atoms with van der Waals surface area (Å²) < 4.78 is 0. The topological polar surface area (TPSA) is 24.9 Å².